The second kappa shape index (κ2) is 6.78. The molecule has 0 bridgehead atoms. The van der Waals surface area contributed by atoms with Crippen molar-refractivity contribution in [2.75, 3.05) is 24.6 Å². The van der Waals surface area contributed by atoms with Crippen LogP contribution in [0.15, 0.2) is 48.5 Å². The SMILES string of the molecule is O=C1COc2ccccc2N1CCC(=O)N1CCC1c1ccccc1F. The zero-order valence-corrected chi connectivity index (χ0v) is 14.2. The second-order valence-corrected chi connectivity index (χ2v) is 6.46. The van der Waals surface area contributed by atoms with Gasteiger partial charge in [-0.05, 0) is 24.6 Å². The van der Waals surface area contributed by atoms with Crippen LogP contribution >= 0.6 is 0 Å². The summed E-state index contributed by atoms with van der Waals surface area (Å²) >= 11 is 0. The number of para-hydroxylation sites is 2. The number of rotatable bonds is 4. The van der Waals surface area contributed by atoms with Gasteiger partial charge >= 0.3 is 0 Å². The van der Waals surface area contributed by atoms with Crippen LogP contribution in [0.1, 0.15) is 24.4 Å². The average molecular weight is 354 g/mol. The summed E-state index contributed by atoms with van der Waals surface area (Å²) in [5.74, 6) is 0.132. The first kappa shape index (κ1) is 16.6. The predicted molar refractivity (Wildman–Crippen MR) is 94.4 cm³/mol. The van der Waals surface area contributed by atoms with Crippen molar-refractivity contribution in [2.45, 2.75) is 18.9 Å². The van der Waals surface area contributed by atoms with E-state index in [1.165, 1.54) is 6.07 Å². The lowest BCUT2D eigenvalue weighted by Gasteiger charge is -2.42. The van der Waals surface area contributed by atoms with Crippen molar-refractivity contribution in [3.8, 4) is 5.75 Å². The lowest BCUT2D eigenvalue weighted by Crippen LogP contribution is -2.47. The van der Waals surface area contributed by atoms with E-state index >= 15 is 0 Å². The van der Waals surface area contributed by atoms with Gasteiger partial charge in [0.2, 0.25) is 5.91 Å². The van der Waals surface area contributed by atoms with Crippen LogP contribution in [0.3, 0.4) is 0 Å². The van der Waals surface area contributed by atoms with Crippen molar-refractivity contribution < 1.29 is 18.7 Å². The van der Waals surface area contributed by atoms with Crippen LogP contribution in [0.5, 0.6) is 5.75 Å². The summed E-state index contributed by atoms with van der Waals surface area (Å²) in [6.45, 7) is 0.886. The highest BCUT2D eigenvalue weighted by Gasteiger charge is 2.35. The standard InChI is InChI=1S/C20H19FN2O3/c21-15-6-2-1-5-14(15)16-9-11-22(16)19(24)10-12-23-17-7-3-4-8-18(17)26-13-20(23)25/h1-8,16H,9-13H2. The third-order valence-corrected chi connectivity index (χ3v) is 4.96. The van der Waals surface area contributed by atoms with E-state index in [0.29, 0.717) is 30.1 Å². The topological polar surface area (TPSA) is 49.9 Å². The van der Waals surface area contributed by atoms with E-state index in [2.05, 4.69) is 0 Å². The summed E-state index contributed by atoms with van der Waals surface area (Å²) in [5, 5.41) is 0. The molecule has 26 heavy (non-hydrogen) atoms. The van der Waals surface area contributed by atoms with Crippen LogP contribution in [0.25, 0.3) is 0 Å². The molecule has 2 aromatic carbocycles. The fourth-order valence-corrected chi connectivity index (χ4v) is 3.50. The Kier molecular flexibility index (Phi) is 4.32. The Morgan fingerprint density at radius 3 is 2.69 bits per heavy atom. The number of nitrogens with zero attached hydrogens (tertiary/aromatic N) is 2. The van der Waals surface area contributed by atoms with Crippen LogP contribution in [-0.4, -0.2) is 36.4 Å². The van der Waals surface area contributed by atoms with Crippen LogP contribution < -0.4 is 9.64 Å². The zero-order valence-electron chi connectivity index (χ0n) is 14.2. The van der Waals surface area contributed by atoms with Crippen LogP contribution in [0, 0.1) is 5.82 Å². The molecule has 0 aliphatic carbocycles. The van der Waals surface area contributed by atoms with Crippen LogP contribution in [-0.2, 0) is 9.59 Å². The molecule has 2 amide bonds. The van der Waals surface area contributed by atoms with Gasteiger partial charge < -0.3 is 14.5 Å². The van der Waals surface area contributed by atoms with E-state index in [-0.39, 0.29) is 36.7 Å². The summed E-state index contributed by atoms with van der Waals surface area (Å²) in [7, 11) is 0. The van der Waals surface area contributed by atoms with E-state index in [9.17, 15) is 14.0 Å². The van der Waals surface area contributed by atoms with Crippen molar-refractivity contribution >= 4 is 17.5 Å². The lowest BCUT2D eigenvalue weighted by atomic mass is 9.94. The minimum absolute atomic E-state index is 0.0211. The van der Waals surface area contributed by atoms with E-state index in [4.69, 9.17) is 4.74 Å². The Morgan fingerprint density at radius 2 is 1.92 bits per heavy atom. The molecule has 1 unspecified atom stereocenters. The van der Waals surface area contributed by atoms with E-state index in [1.807, 2.05) is 18.2 Å². The Morgan fingerprint density at radius 1 is 1.15 bits per heavy atom. The molecule has 6 heteroatoms. The molecule has 134 valence electrons. The average Bonchev–Trinajstić information content (AvgIpc) is 2.62. The van der Waals surface area contributed by atoms with E-state index in [0.717, 1.165) is 6.42 Å². The molecule has 1 saturated heterocycles. The molecule has 0 spiro atoms. The highest BCUT2D eigenvalue weighted by molar-refractivity contribution is 5.98. The van der Waals surface area contributed by atoms with Gasteiger partial charge in [-0.15, -0.1) is 0 Å². The molecule has 0 N–H and O–H groups in total. The Hall–Kier alpha value is -2.89. The smallest absolute Gasteiger partial charge is 0.265 e. The lowest BCUT2D eigenvalue weighted by molar-refractivity contribution is -0.139. The molecule has 2 aliphatic rings. The summed E-state index contributed by atoms with van der Waals surface area (Å²) in [6, 6.07) is 13.6. The number of carbonyl (C=O) groups is 2. The second-order valence-electron chi connectivity index (χ2n) is 6.46. The first-order valence-electron chi connectivity index (χ1n) is 8.71. The summed E-state index contributed by atoms with van der Waals surface area (Å²) in [4.78, 5) is 28.1. The number of benzene rings is 2. The maximum atomic E-state index is 14.0. The van der Waals surface area contributed by atoms with Crippen LogP contribution in [0.2, 0.25) is 0 Å². The Labute approximate surface area is 151 Å². The number of carbonyl (C=O) groups excluding carboxylic acids is 2. The number of hydrogen-bond acceptors (Lipinski definition) is 3. The van der Waals surface area contributed by atoms with Gasteiger partial charge in [0.25, 0.3) is 5.91 Å². The van der Waals surface area contributed by atoms with Crippen molar-refractivity contribution in [1.82, 2.24) is 4.90 Å². The van der Waals surface area contributed by atoms with Crippen molar-refractivity contribution in [3.05, 3.63) is 59.9 Å². The minimum Gasteiger partial charge on any atom is -0.482 e. The van der Waals surface area contributed by atoms with Gasteiger partial charge in [0.15, 0.2) is 6.61 Å². The first-order chi connectivity index (χ1) is 12.6. The maximum absolute atomic E-state index is 14.0. The van der Waals surface area contributed by atoms with E-state index < -0.39 is 0 Å². The number of anilines is 1. The molecule has 2 aliphatic heterocycles. The fourth-order valence-electron chi connectivity index (χ4n) is 3.50. The third-order valence-electron chi connectivity index (χ3n) is 4.96. The van der Waals surface area contributed by atoms with Gasteiger partial charge in [0, 0.05) is 25.1 Å². The number of halogens is 1. The third kappa shape index (κ3) is 2.92. The summed E-state index contributed by atoms with van der Waals surface area (Å²) in [5.41, 5.74) is 1.24. The molecule has 2 aromatic rings. The van der Waals surface area contributed by atoms with Gasteiger partial charge in [-0.25, -0.2) is 4.39 Å². The largest absolute Gasteiger partial charge is 0.482 e. The van der Waals surface area contributed by atoms with Crippen molar-refractivity contribution in [3.63, 3.8) is 0 Å². The molecule has 1 atom stereocenters. The molecule has 0 aromatic heterocycles. The highest BCUT2D eigenvalue weighted by atomic mass is 19.1. The first-order valence-corrected chi connectivity index (χ1v) is 8.71. The highest BCUT2D eigenvalue weighted by Crippen LogP contribution is 2.36. The quantitative estimate of drug-likeness (QED) is 0.848. The van der Waals surface area contributed by atoms with Gasteiger partial charge in [0.1, 0.15) is 11.6 Å². The maximum Gasteiger partial charge on any atom is 0.265 e. The molecule has 2 heterocycles. The molecule has 0 radical (unpaired) electrons. The molecule has 4 rings (SSSR count). The fraction of sp³-hybridized carbons (Fsp3) is 0.300. The summed E-state index contributed by atoms with van der Waals surface area (Å²) in [6.07, 6.45) is 0.955. The molecular weight excluding hydrogens is 335 g/mol. The Bertz CT molecular complexity index is 854. The Balaban J connectivity index is 1.43. The number of amides is 2. The summed E-state index contributed by atoms with van der Waals surface area (Å²) < 4.78 is 19.4. The van der Waals surface area contributed by atoms with E-state index in [1.54, 1.807) is 34.1 Å². The molecule has 5 nitrogen and oxygen atoms in total. The van der Waals surface area contributed by atoms with Crippen molar-refractivity contribution in [2.24, 2.45) is 0 Å². The molecule has 0 saturated carbocycles. The van der Waals surface area contributed by atoms with Gasteiger partial charge in [0.05, 0.1) is 11.7 Å². The zero-order chi connectivity index (χ0) is 18.1. The minimum atomic E-state index is -0.285. The number of likely N-dealkylation sites (tertiary alicyclic amines) is 1. The van der Waals surface area contributed by atoms with Gasteiger partial charge in [-0.1, -0.05) is 30.3 Å². The molecule has 1 fully saturated rings. The van der Waals surface area contributed by atoms with Gasteiger partial charge in [-0.2, -0.15) is 0 Å². The molecular formula is C20H19FN2O3. The predicted octanol–water partition coefficient (Wildman–Crippen LogP) is 2.91. The number of ether oxygens (including phenoxy) is 1. The van der Waals surface area contributed by atoms with Crippen molar-refractivity contribution in [1.29, 1.82) is 0 Å². The monoisotopic (exact) mass is 354 g/mol. The normalized spacial score (nSPS) is 18.8. The van der Waals surface area contributed by atoms with Gasteiger partial charge in [-0.3, -0.25) is 9.59 Å². The number of fused-ring (bicyclic) bond motifs is 1. The number of hydrogen-bond donors (Lipinski definition) is 0. The van der Waals surface area contributed by atoms with Crippen LogP contribution in [0.4, 0.5) is 10.1 Å².